The minimum Gasteiger partial charge on any atom is -0.344 e. The van der Waals surface area contributed by atoms with Gasteiger partial charge in [-0.3, -0.25) is 4.99 Å². The van der Waals surface area contributed by atoms with E-state index in [-0.39, 0.29) is 16.3 Å². The molecule has 0 fully saturated rings. The molecule has 3 nitrogen and oxygen atoms in total. The summed E-state index contributed by atoms with van der Waals surface area (Å²) >= 11 is 11.6. The van der Waals surface area contributed by atoms with Crippen LogP contribution in [0.15, 0.2) is 41.4 Å². The first-order chi connectivity index (χ1) is 11.0. The Morgan fingerprint density at radius 1 is 1.22 bits per heavy atom. The molecule has 0 aliphatic carbocycles. The van der Waals surface area contributed by atoms with Gasteiger partial charge in [0.05, 0.1) is 0 Å². The normalized spacial score (nSPS) is 11.8. The lowest BCUT2D eigenvalue weighted by atomic mass is 10.1. The van der Waals surface area contributed by atoms with E-state index in [4.69, 9.17) is 23.2 Å². The Hall–Kier alpha value is -1.65. The lowest BCUT2D eigenvalue weighted by Crippen LogP contribution is -2.15. The van der Waals surface area contributed by atoms with E-state index in [1.807, 2.05) is 44.2 Å². The number of aromatic nitrogens is 1. The van der Waals surface area contributed by atoms with Crippen molar-refractivity contribution in [3.05, 3.63) is 58.1 Å². The fourth-order valence-corrected chi connectivity index (χ4v) is 2.49. The summed E-state index contributed by atoms with van der Waals surface area (Å²) < 4.78 is 13.5. The Bertz CT molecular complexity index is 688. The van der Waals surface area contributed by atoms with Crippen molar-refractivity contribution in [3.63, 3.8) is 0 Å². The zero-order valence-electron chi connectivity index (χ0n) is 13.0. The predicted molar refractivity (Wildman–Crippen MR) is 95.2 cm³/mol. The van der Waals surface area contributed by atoms with Crippen molar-refractivity contribution < 1.29 is 4.39 Å². The van der Waals surface area contributed by atoms with Gasteiger partial charge in [-0.2, -0.15) is 0 Å². The van der Waals surface area contributed by atoms with Crippen LogP contribution < -0.4 is 5.32 Å². The molecule has 0 atom stereocenters. The topological polar surface area (TPSA) is 37.3 Å². The van der Waals surface area contributed by atoms with Crippen LogP contribution in [-0.4, -0.2) is 16.9 Å². The average Bonchev–Trinajstić information content (AvgIpc) is 2.50. The zero-order valence-corrected chi connectivity index (χ0v) is 14.5. The lowest BCUT2D eigenvalue weighted by molar-refractivity contribution is 0.619. The highest BCUT2D eigenvalue weighted by atomic mass is 35.5. The van der Waals surface area contributed by atoms with Gasteiger partial charge in [0.2, 0.25) is 0 Å². The van der Waals surface area contributed by atoms with Gasteiger partial charge in [-0.1, -0.05) is 41.4 Å². The van der Waals surface area contributed by atoms with Gasteiger partial charge in [-0.15, -0.1) is 0 Å². The molecule has 0 saturated heterocycles. The third kappa shape index (κ3) is 5.48. The number of nitrogens with zero attached hydrogens (tertiary/aromatic N) is 2. The molecular weight excluding hydrogens is 336 g/mol. The smallest absolute Gasteiger partial charge is 0.166 e. The van der Waals surface area contributed by atoms with Crippen molar-refractivity contribution in [2.24, 2.45) is 4.99 Å². The molecule has 23 heavy (non-hydrogen) atoms. The molecule has 122 valence electrons. The molecule has 0 spiro atoms. The molecule has 0 unspecified atom stereocenters. The van der Waals surface area contributed by atoms with Crippen LogP contribution in [0.3, 0.4) is 0 Å². The number of aryl methyl sites for hydroxylation is 1. The number of halogens is 3. The number of pyridine rings is 1. The van der Waals surface area contributed by atoms with E-state index in [1.54, 1.807) is 0 Å². The molecule has 0 bridgehead atoms. The highest BCUT2D eigenvalue weighted by molar-refractivity contribution is 6.32. The molecule has 2 rings (SSSR count). The van der Waals surface area contributed by atoms with Crippen LogP contribution >= 0.6 is 23.2 Å². The van der Waals surface area contributed by atoms with Gasteiger partial charge in [0.1, 0.15) is 11.0 Å². The third-order valence-corrected chi connectivity index (χ3v) is 3.66. The summed E-state index contributed by atoms with van der Waals surface area (Å²) in [5, 5.41) is 3.30. The summed E-state index contributed by atoms with van der Waals surface area (Å²) in [5.74, 6) is 0.252. The first-order valence-corrected chi connectivity index (χ1v) is 8.10. The van der Waals surface area contributed by atoms with E-state index in [1.165, 1.54) is 6.07 Å². The molecule has 1 aromatic carbocycles. The van der Waals surface area contributed by atoms with E-state index in [9.17, 15) is 4.39 Å². The maximum absolute atomic E-state index is 13.5. The zero-order chi connectivity index (χ0) is 16.8. The molecule has 0 radical (unpaired) electrons. The summed E-state index contributed by atoms with van der Waals surface area (Å²) in [5.41, 5.74) is 1.57. The van der Waals surface area contributed by atoms with Gasteiger partial charge in [-0.05, 0) is 44.0 Å². The molecule has 1 aromatic heterocycles. The molecule has 6 heteroatoms. The van der Waals surface area contributed by atoms with Gasteiger partial charge in [0.25, 0.3) is 0 Å². The molecule has 0 aliphatic rings. The van der Waals surface area contributed by atoms with Crippen LogP contribution in [0.5, 0.6) is 0 Å². The molecular formula is C17H18Cl2FN3. The molecule has 0 aliphatic heterocycles. The quantitative estimate of drug-likeness (QED) is 0.445. The Balaban J connectivity index is 2.11. The summed E-state index contributed by atoms with van der Waals surface area (Å²) in [7, 11) is 0. The van der Waals surface area contributed by atoms with Crippen molar-refractivity contribution in [2.75, 3.05) is 5.32 Å². The van der Waals surface area contributed by atoms with Gasteiger partial charge in [-0.25, -0.2) is 9.37 Å². The minimum atomic E-state index is -0.565. The Kier molecular flexibility index (Phi) is 6.37. The van der Waals surface area contributed by atoms with Gasteiger partial charge in [0.15, 0.2) is 11.0 Å². The number of amidine groups is 1. The standard InChI is InChI=1S/C17H18Cl2FN3/c1-11(2)21-15(22-13-6-4-3-5-7-13)9-8-12-10-14(20)17(19)23-16(12)18/h3-7,10-11H,8-9H2,1-2H3,(H,21,22). The van der Waals surface area contributed by atoms with Crippen LogP contribution in [0.4, 0.5) is 10.1 Å². The number of anilines is 1. The maximum Gasteiger partial charge on any atom is 0.166 e. The Morgan fingerprint density at radius 2 is 1.91 bits per heavy atom. The van der Waals surface area contributed by atoms with E-state index in [0.29, 0.717) is 18.4 Å². The number of para-hydroxylation sites is 1. The fourth-order valence-electron chi connectivity index (χ4n) is 2.07. The number of aliphatic imine (C=N–C) groups is 1. The van der Waals surface area contributed by atoms with Crippen molar-refractivity contribution >= 4 is 34.7 Å². The lowest BCUT2D eigenvalue weighted by Gasteiger charge is -2.12. The largest absolute Gasteiger partial charge is 0.344 e. The maximum atomic E-state index is 13.5. The summed E-state index contributed by atoms with van der Waals surface area (Å²) in [6.07, 6.45) is 1.11. The van der Waals surface area contributed by atoms with E-state index in [2.05, 4.69) is 15.3 Å². The molecule has 1 heterocycles. The first-order valence-electron chi connectivity index (χ1n) is 7.35. The third-order valence-electron chi connectivity index (χ3n) is 3.07. The van der Waals surface area contributed by atoms with Crippen molar-refractivity contribution in [3.8, 4) is 0 Å². The van der Waals surface area contributed by atoms with E-state index >= 15 is 0 Å². The first kappa shape index (κ1) is 17.7. The van der Waals surface area contributed by atoms with Crippen molar-refractivity contribution in [1.82, 2.24) is 4.98 Å². The van der Waals surface area contributed by atoms with Crippen LogP contribution in [0.2, 0.25) is 10.3 Å². The molecule has 0 amide bonds. The summed E-state index contributed by atoms with van der Waals surface area (Å²) in [6, 6.07) is 11.3. The van der Waals surface area contributed by atoms with Gasteiger partial charge in [0, 0.05) is 18.2 Å². The van der Waals surface area contributed by atoms with Gasteiger partial charge < -0.3 is 5.32 Å². The Morgan fingerprint density at radius 3 is 2.57 bits per heavy atom. The van der Waals surface area contributed by atoms with E-state index < -0.39 is 5.82 Å². The van der Waals surface area contributed by atoms with Crippen LogP contribution in [0.25, 0.3) is 0 Å². The molecule has 0 saturated carbocycles. The SMILES string of the molecule is CC(C)N=C(CCc1cc(F)c(Cl)nc1Cl)Nc1ccccc1. The summed E-state index contributed by atoms with van der Waals surface area (Å²) in [4.78, 5) is 8.37. The second kappa shape index (κ2) is 8.27. The highest BCUT2D eigenvalue weighted by Crippen LogP contribution is 2.22. The number of benzene rings is 1. The van der Waals surface area contributed by atoms with Gasteiger partial charge >= 0.3 is 0 Å². The number of rotatable bonds is 5. The van der Waals surface area contributed by atoms with Crippen molar-refractivity contribution in [2.45, 2.75) is 32.7 Å². The summed E-state index contributed by atoms with van der Waals surface area (Å²) in [6.45, 7) is 4.01. The number of hydrogen-bond donors (Lipinski definition) is 1. The predicted octanol–water partition coefficient (Wildman–Crippen LogP) is 5.38. The molecule has 1 N–H and O–H groups in total. The number of hydrogen-bond acceptors (Lipinski definition) is 2. The van der Waals surface area contributed by atoms with Crippen molar-refractivity contribution in [1.29, 1.82) is 0 Å². The number of nitrogens with one attached hydrogen (secondary N) is 1. The van der Waals surface area contributed by atoms with E-state index in [0.717, 1.165) is 11.5 Å². The fraction of sp³-hybridized carbons (Fsp3) is 0.294. The van der Waals surface area contributed by atoms with Crippen LogP contribution in [-0.2, 0) is 6.42 Å². The average molecular weight is 354 g/mol. The minimum absolute atomic E-state index is 0.150. The molecule has 2 aromatic rings. The van der Waals surface area contributed by atoms with Crippen LogP contribution in [0, 0.1) is 5.82 Å². The second-order valence-corrected chi connectivity index (χ2v) is 6.09. The van der Waals surface area contributed by atoms with Crippen LogP contribution in [0.1, 0.15) is 25.8 Å². The Labute approximate surface area is 145 Å². The highest BCUT2D eigenvalue weighted by Gasteiger charge is 2.10. The second-order valence-electron chi connectivity index (χ2n) is 5.37. The monoisotopic (exact) mass is 353 g/mol.